The molecule has 2 atom stereocenters. The van der Waals surface area contributed by atoms with Gasteiger partial charge in [0, 0.05) is 30.1 Å². The molecule has 2 nitrogen and oxygen atoms in total. The zero-order valence-corrected chi connectivity index (χ0v) is 12.9. The summed E-state index contributed by atoms with van der Waals surface area (Å²) in [5.41, 5.74) is 0. The molecule has 0 aliphatic carbocycles. The monoisotopic (exact) mass is 258 g/mol. The molecule has 102 valence electrons. The highest BCUT2D eigenvalue weighted by atomic mass is 32.2. The van der Waals surface area contributed by atoms with E-state index in [1.54, 1.807) is 0 Å². The van der Waals surface area contributed by atoms with Crippen molar-refractivity contribution in [3.8, 4) is 0 Å². The van der Waals surface area contributed by atoms with E-state index in [1.807, 2.05) is 0 Å². The molecular formula is C14H30N2S. The van der Waals surface area contributed by atoms with Gasteiger partial charge in [-0.2, -0.15) is 11.8 Å². The van der Waals surface area contributed by atoms with Crippen LogP contribution in [0.2, 0.25) is 0 Å². The Kier molecular flexibility index (Phi) is 7.56. The van der Waals surface area contributed by atoms with Crippen LogP contribution in [0.1, 0.15) is 40.0 Å². The Bertz CT molecular complexity index is 197. The van der Waals surface area contributed by atoms with Crippen LogP contribution in [0.4, 0.5) is 0 Å². The molecule has 1 aliphatic rings. The Morgan fingerprint density at radius 2 is 2.12 bits per heavy atom. The van der Waals surface area contributed by atoms with Crippen molar-refractivity contribution in [1.82, 2.24) is 10.2 Å². The highest BCUT2D eigenvalue weighted by Crippen LogP contribution is 2.21. The van der Waals surface area contributed by atoms with Crippen LogP contribution in [-0.2, 0) is 0 Å². The van der Waals surface area contributed by atoms with Gasteiger partial charge < -0.3 is 10.2 Å². The van der Waals surface area contributed by atoms with E-state index in [1.165, 1.54) is 37.3 Å². The zero-order valence-electron chi connectivity index (χ0n) is 12.0. The van der Waals surface area contributed by atoms with Gasteiger partial charge in [0.25, 0.3) is 0 Å². The van der Waals surface area contributed by atoms with Gasteiger partial charge in [-0.05, 0) is 25.9 Å². The van der Waals surface area contributed by atoms with Gasteiger partial charge in [-0.25, -0.2) is 0 Å². The fourth-order valence-corrected chi connectivity index (χ4v) is 3.88. The molecule has 0 aromatic heterocycles. The van der Waals surface area contributed by atoms with Crippen molar-refractivity contribution in [2.45, 2.75) is 52.1 Å². The smallest absolute Gasteiger partial charge is 0.0337 e. The number of hydrogen-bond acceptors (Lipinski definition) is 3. The number of thioether (sulfide) groups is 1. The lowest BCUT2D eigenvalue weighted by atomic mass is 9.98. The van der Waals surface area contributed by atoms with Crippen molar-refractivity contribution in [2.75, 3.05) is 31.6 Å². The molecule has 0 saturated carbocycles. The fraction of sp³-hybridized carbons (Fsp3) is 1.00. The van der Waals surface area contributed by atoms with Crippen LogP contribution in [0.25, 0.3) is 0 Å². The lowest BCUT2D eigenvalue weighted by Crippen LogP contribution is -2.52. The summed E-state index contributed by atoms with van der Waals surface area (Å²) in [6.45, 7) is 9.23. The van der Waals surface area contributed by atoms with E-state index >= 15 is 0 Å². The molecular weight excluding hydrogens is 228 g/mol. The second-order valence-electron chi connectivity index (χ2n) is 5.61. The normalized spacial score (nSPS) is 24.2. The molecule has 17 heavy (non-hydrogen) atoms. The number of likely N-dealkylation sites (N-methyl/N-ethyl adjacent to an activating group) is 2. The van der Waals surface area contributed by atoms with E-state index < -0.39 is 0 Å². The summed E-state index contributed by atoms with van der Waals surface area (Å²) in [4.78, 5) is 2.55. The predicted molar refractivity (Wildman–Crippen MR) is 79.9 cm³/mol. The quantitative estimate of drug-likeness (QED) is 0.756. The first-order chi connectivity index (χ1) is 8.15. The van der Waals surface area contributed by atoms with Crippen molar-refractivity contribution < 1.29 is 0 Å². The van der Waals surface area contributed by atoms with Crippen LogP contribution < -0.4 is 5.32 Å². The number of rotatable bonds is 7. The first-order valence-electron chi connectivity index (χ1n) is 7.16. The summed E-state index contributed by atoms with van der Waals surface area (Å²) in [5.74, 6) is 3.45. The van der Waals surface area contributed by atoms with Crippen LogP contribution in [0.15, 0.2) is 0 Å². The van der Waals surface area contributed by atoms with E-state index in [0.717, 1.165) is 18.5 Å². The van der Waals surface area contributed by atoms with Gasteiger partial charge in [0.15, 0.2) is 0 Å². The Morgan fingerprint density at radius 1 is 1.35 bits per heavy atom. The zero-order chi connectivity index (χ0) is 12.7. The van der Waals surface area contributed by atoms with Gasteiger partial charge in [-0.15, -0.1) is 0 Å². The van der Waals surface area contributed by atoms with Gasteiger partial charge in [0.2, 0.25) is 0 Å². The van der Waals surface area contributed by atoms with Crippen LogP contribution in [0, 0.1) is 5.92 Å². The minimum absolute atomic E-state index is 0.691. The minimum Gasteiger partial charge on any atom is -0.313 e. The third-order valence-electron chi connectivity index (χ3n) is 3.67. The maximum atomic E-state index is 3.70. The average Bonchev–Trinajstić information content (AvgIpc) is 2.28. The SMILES string of the molecule is CCNC(CCCC(C)C)C1CSCCN1C. The van der Waals surface area contributed by atoms with Crippen LogP contribution >= 0.6 is 11.8 Å². The molecule has 3 heteroatoms. The second-order valence-corrected chi connectivity index (χ2v) is 6.76. The number of hydrogen-bond donors (Lipinski definition) is 1. The summed E-state index contributed by atoms with van der Waals surface area (Å²) in [6.07, 6.45) is 4.07. The van der Waals surface area contributed by atoms with Crippen molar-refractivity contribution in [1.29, 1.82) is 0 Å². The topological polar surface area (TPSA) is 15.3 Å². The molecule has 1 aliphatic heterocycles. The van der Waals surface area contributed by atoms with Gasteiger partial charge in [0.1, 0.15) is 0 Å². The lowest BCUT2D eigenvalue weighted by molar-refractivity contribution is 0.206. The van der Waals surface area contributed by atoms with Crippen molar-refractivity contribution in [2.24, 2.45) is 5.92 Å². The molecule has 2 unspecified atom stereocenters. The molecule has 0 radical (unpaired) electrons. The summed E-state index contributed by atoms with van der Waals surface area (Å²) >= 11 is 2.12. The molecule has 1 saturated heterocycles. The maximum Gasteiger partial charge on any atom is 0.0337 e. The van der Waals surface area contributed by atoms with E-state index in [-0.39, 0.29) is 0 Å². The van der Waals surface area contributed by atoms with Crippen molar-refractivity contribution in [3.05, 3.63) is 0 Å². The lowest BCUT2D eigenvalue weighted by Gasteiger charge is -2.38. The van der Waals surface area contributed by atoms with E-state index in [4.69, 9.17) is 0 Å². The molecule has 0 bridgehead atoms. The van der Waals surface area contributed by atoms with Crippen molar-refractivity contribution in [3.63, 3.8) is 0 Å². The molecule has 0 amide bonds. The van der Waals surface area contributed by atoms with E-state index in [9.17, 15) is 0 Å². The van der Waals surface area contributed by atoms with Gasteiger partial charge in [0.05, 0.1) is 0 Å². The third-order valence-corrected chi connectivity index (χ3v) is 4.72. The molecule has 0 spiro atoms. The summed E-state index contributed by atoms with van der Waals surface area (Å²) < 4.78 is 0. The predicted octanol–water partition coefficient (Wildman–Crippen LogP) is 2.84. The first kappa shape index (κ1) is 15.3. The molecule has 1 heterocycles. The van der Waals surface area contributed by atoms with E-state index in [0.29, 0.717) is 6.04 Å². The maximum absolute atomic E-state index is 3.70. The van der Waals surface area contributed by atoms with Crippen LogP contribution in [-0.4, -0.2) is 48.6 Å². The van der Waals surface area contributed by atoms with Crippen LogP contribution in [0.5, 0.6) is 0 Å². The summed E-state index contributed by atoms with van der Waals surface area (Å²) in [5, 5.41) is 3.70. The fourth-order valence-electron chi connectivity index (χ4n) is 2.57. The minimum atomic E-state index is 0.691. The first-order valence-corrected chi connectivity index (χ1v) is 8.32. The highest BCUT2D eigenvalue weighted by molar-refractivity contribution is 7.99. The van der Waals surface area contributed by atoms with Crippen molar-refractivity contribution >= 4 is 11.8 Å². The largest absolute Gasteiger partial charge is 0.313 e. The number of nitrogens with one attached hydrogen (secondary N) is 1. The Labute approximate surface area is 112 Å². The van der Waals surface area contributed by atoms with Crippen LogP contribution in [0.3, 0.4) is 0 Å². The van der Waals surface area contributed by atoms with Gasteiger partial charge >= 0.3 is 0 Å². The average molecular weight is 258 g/mol. The number of nitrogens with zero attached hydrogens (tertiary/aromatic N) is 1. The summed E-state index contributed by atoms with van der Waals surface area (Å²) in [6, 6.07) is 1.43. The molecule has 0 aromatic carbocycles. The molecule has 1 fully saturated rings. The highest BCUT2D eigenvalue weighted by Gasteiger charge is 2.26. The molecule has 0 aromatic rings. The summed E-state index contributed by atoms with van der Waals surface area (Å²) in [7, 11) is 2.29. The van der Waals surface area contributed by atoms with Gasteiger partial charge in [-0.1, -0.05) is 33.6 Å². The molecule has 1 rings (SSSR count). The Morgan fingerprint density at radius 3 is 2.71 bits per heavy atom. The standard InChI is InChI=1S/C14H30N2S/c1-5-15-13(8-6-7-12(2)3)14-11-17-10-9-16(14)4/h12-15H,5-11H2,1-4H3. The third kappa shape index (κ3) is 5.62. The van der Waals surface area contributed by atoms with Gasteiger partial charge in [-0.3, -0.25) is 0 Å². The Balaban J connectivity index is 2.39. The van der Waals surface area contributed by atoms with E-state index in [2.05, 4.69) is 49.8 Å². The second kappa shape index (κ2) is 8.39. The molecule has 1 N–H and O–H groups in total. The Hall–Kier alpha value is 0.270.